The lowest BCUT2D eigenvalue weighted by Crippen LogP contribution is -2.41. The first-order valence-electron chi connectivity index (χ1n) is 8.36. The molecule has 3 rings (SSSR count). The summed E-state index contributed by atoms with van der Waals surface area (Å²) in [7, 11) is 0. The molecule has 116 valence electrons. The van der Waals surface area contributed by atoms with Crippen LogP contribution in [0.15, 0.2) is 23.3 Å². The van der Waals surface area contributed by atoms with Crippen LogP contribution in [0, 0.1) is 23.2 Å². The number of esters is 1. The highest BCUT2D eigenvalue weighted by atomic mass is 16.6. The Labute approximate surface area is 128 Å². The van der Waals surface area contributed by atoms with E-state index in [4.69, 9.17) is 4.74 Å². The van der Waals surface area contributed by atoms with Crippen LogP contribution in [0.25, 0.3) is 0 Å². The van der Waals surface area contributed by atoms with Gasteiger partial charge < -0.3 is 4.74 Å². The van der Waals surface area contributed by atoms with Crippen LogP contribution < -0.4 is 0 Å². The van der Waals surface area contributed by atoms with Crippen molar-refractivity contribution < 1.29 is 9.53 Å². The van der Waals surface area contributed by atoms with Crippen molar-refractivity contribution in [2.24, 2.45) is 23.2 Å². The molecule has 0 aromatic carbocycles. The fraction of sp³-hybridized carbons (Fsp3) is 0.737. The predicted molar refractivity (Wildman–Crippen MR) is 84.7 cm³/mol. The third-order valence-electron chi connectivity index (χ3n) is 5.89. The summed E-state index contributed by atoms with van der Waals surface area (Å²) in [5.41, 5.74) is 2.64. The number of hydrogen-bond acceptors (Lipinski definition) is 2. The molecule has 0 N–H and O–H groups in total. The van der Waals surface area contributed by atoms with Gasteiger partial charge in [0.05, 0.1) is 5.92 Å². The van der Waals surface area contributed by atoms with Gasteiger partial charge in [-0.05, 0) is 70.8 Å². The lowest BCUT2D eigenvalue weighted by Gasteiger charge is -2.41. The molecule has 1 spiro atoms. The number of carbonyl (C=O) groups excluding carboxylic acids is 1. The van der Waals surface area contributed by atoms with Crippen LogP contribution in [0.4, 0.5) is 0 Å². The van der Waals surface area contributed by atoms with Crippen molar-refractivity contribution >= 4 is 5.97 Å². The van der Waals surface area contributed by atoms with E-state index in [2.05, 4.69) is 26.0 Å². The van der Waals surface area contributed by atoms with Gasteiger partial charge in [-0.3, -0.25) is 4.79 Å². The summed E-state index contributed by atoms with van der Waals surface area (Å²) in [6, 6.07) is 0. The molecule has 0 radical (unpaired) electrons. The van der Waals surface area contributed by atoms with Gasteiger partial charge in [0, 0.05) is 5.41 Å². The van der Waals surface area contributed by atoms with Crippen molar-refractivity contribution in [2.45, 2.75) is 65.9 Å². The quantitative estimate of drug-likeness (QED) is 0.656. The summed E-state index contributed by atoms with van der Waals surface area (Å²) < 4.78 is 5.76. The van der Waals surface area contributed by atoms with Gasteiger partial charge in [0.15, 0.2) is 0 Å². The standard InChI is InChI=1S/C19H28O2/c1-12-8-6-7-9-15-13(2)14-10-16(19(12,15)11-14)17(20)21-18(3,4)5/h7,9,12,14,16H,6,8,10-11H2,1-5H3/t12-,14+,16+,19+/m0/s1. The van der Waals surface area contributed by atoms with Crippen molar-refractivity contribution in [1.29, 1.82) is 0 Å². The molecule has 4 atom stereocenters. The zero-order chi connectivity index (χ0) is 15.4. The van der Waals surface area contributed by atoms with E-state index in [0.29, 0.717) is 11.8 Å². The van der Waals surface area contributed by atoms with Gasteiger partial charge in [0.25, 0.3) is 0 Å². The molecular weight excluding hydrogens is 260 g/mol. The van der Waals surface area contributed by atoms with E-state index < -0.39 is 5.60 Å². The monoisotopic (exact) mass is 288 g/mol. The molecule has 0 amide bonds. The molecule has 2 nitrogen and oxygen atoms in total. The summed E-state index contributed by atoms with van der Waals surface area (Å²) in [6.45, 7) is 10.5. The molecule has 0 saturated heterocycles. The lowest BCUT2D eigenvalue weighted by molar-refractivity contribution is -0.164. The van der Waals surface area contributed by atoms with Crippen molar-refractivity contribution in [3.63, 3.8) is 0 Å². The maximum absolute atomic E-state index is 12.8. The zero-order valence-corrected chi connectivity index (χ0v) is 14.0. The summed E-state index contributed by atoms with van der Waals surface area (Å²) >= 11 is 0. The molecule has 21 heavy (non-hydrogen) atoms. The largest absolute Gasteiger partial charge is 0.460 e. The van der Waals surface area contributed by atoms with E-state index in [-0.39, 0.29) is 17.3 Å². The van der Waals surface area contributed by atoms with Crippen molar-refractivity contribution in [3.05, 3.63) is 23.3 Å². The van der Waals surface area contributed by atoms with Gasteiger partial charge in [-0.1, -0.05) is 24.6 Å². The van der Waals surface area contributed by atoms with E-state index in [1.807, 2.05) is 20.8 Å². The Hall–Kier alpha value is -1.05. The molecule has 0 heterocycles. The van der Waals surface area contributed by atoms with Gasteiger partial charge in [-0.15, -0.1) is 0 Å². The maximum Gasteiger partial charge on any atom is 0.310 e. The normalized spacial score (nSPS) is 38.4. The highest BCUT2D eigenvalue weighted by Crippen LogP contribution is 2.65. The van der Waals surface area contributed by atoms with E-state index in [9.17, 15) is 4.79 Å². The summed E-state index contributed by atoms with van der Waals surface area (Å²) in [5, 5.41) is 0. The van der Waals surface area contributed by atoms with Crippen molar-refractivity contribution in [2.75, 3.05) is 0 Å². The summed E-state index contributed by atoms with van der Waals surface area (Å²) in [4.78, 5) is 12.8. The molecule has 0 unspecified atom stereocenters. The van der Waals surface area contributed by atoms with Gasteiger partial charge in [-0.2, -0.15) is 0 Å². The minimum absolute atomic E-state index is 0.0251. The number of hydrogen-bond donors (Lipinski definition) is 0. The van der Waals surface area contributed by atoms with Gasteiger partial charge >= 0.3 is 5.97 Å². The van der Waals surface area contributed by atoms with Crippen LogP contribution >= 0.6 is 0 Å². The second kappa shape index (κ2) is 4.72. The second-order valence-corrected chi connectivity index (χ2v) is 8.24. The van der Waals surface area contributed by atoms with E-state index in [0.717, 1.165) is 19.3 Å². The molecule has 2 bridgehead atoms. The Morgan fingerprint density at radius 1 is 1.38 bits per heavy atom. The average Bonchev–Trinajstić information content (AvgIpc) is 2.82. The molecule has 0 aromatic heterocycles. The zero-order valence-electron chi connectivity index (χ0n) is 14.0. The SMILES string of the molecule is CC1=C2C=CCC[C@H](C)[C@]23C[C@H]1C[C@@H]3C(=O)OC(C)(C)C. The number of carbonyl (C=O) groups is 1. The molecule has 3 aliphatic carbocycles. The fourth-order valence-electron chi connectivity index (χ4n) is 4.92. The molecule has 0 aromatic rings. The Kier molecular flexibility index (Phi) is 3.35. The number of allylic oxidation sites excluding steroid dienone is 4. The van der Waals surface area contributed by atoms with Crippen LogP contribution in [-0.4, -0.2) is 11.6 Å². The minimum atomic E-state index is -0.391. The molecule has 0 aliphatic heterocycles. The summed E-state index contributed by atoms with van der Waals surface area (Å²) in [6.07, 6.45) is 9.07. The fourth-order valence-corrected chi connectivity index (χ4v) is 4.92. The van der Waals surface area contributed by atoms with Crippen LogP contribution in [0.2, 0.25) is 0 Å². The number of ether oxygens (including phenoxy) is 1. The average molecular weight is 288 g/mol. The predicted octanol–water partition coefficient (Wildman–Crippen LogP) is 4.66. The number of fused-ring (bicyclic) bond motifs is 1. The van der Waals surface area contributed by atoms with E-state index >= 15 is 0 Å². The smallest absolute Gasteiger partial charge is 0.310 e. The van der Waals surface area contributed by atoms with Crippen LogP contribution in [0.1, 0.15) is 60.3 Å². The molecule has 3 aliphatic rings. The Balaban J connectivity index is 1.99. The maximum atomic E-state index is 12.8. The number of rotatable bonds is 1. The summed E-state index contributed by atoms with van der Waals surface area (Å²) in [5.74, 6) is 1.22. The third-order valence-corrected chi connectivity index (χ3v) is 5.89. The van der Waals surface area contributed by atoms with Crippen LogP contribution in [-0.2, 0) is 9.53 Å². The Bertz CT molecular complexity index is 520. The van der Waals surface area contributed by atoms with Crippen LogP contribution in [0.3, 0.4) is 0 Å². The molecule has 1 saturated carbocycles. The second-order valence-electron chi connectivity index (χ2n) is 8.24. The highest BCUT2D eigenvalue weighted by molar-refractivity contribution is 5.77. The third kappa shape index (κ3) is 2.18. The molecular formula is C19H28O2. The van der Waals surface area contributed by atoms with Crippen LogP contribution in [0.5, 0.6) is 0 Å². The highest BCUT2D eigenvalue weighted by Gasteiger charge is 2.60. The minimum Gasteiger partial charge on any atom is -0.460 e. The Morgan fingerprint density at radius 3 is 2.76 bits per heavy atom. The molecule has 1 fully saturated rings. The van der Waals surface area contributed by atoms with Crippen molar-refractivity contribution in [3.8, 4) is 0 Å². The van der Waals surface area contributed by atoms with E-state index in [1.54, 1.807) is 0 Å². The lowest BCUT2D eigenvalue weighted by atomic mass is 9.63. The first kappa shape index (κ1) is 14.9. The first-order chi connectivity index (χ1) is 9.75. The topological polar surface area (TPSA) is 26.3 Å². The molecule has 2 heteroatoms. The first-order valence-corrected chi connectivity index (χ1v) is 8.36. The van der Waals surface area contributed by atoms with Gasteiger partial charge in [-0.25, -0.2) is 0 Å². The van der Waals surface area contributed by atoms with E-state index in [1.165, 1.54) is 17.6 Å². The van der Waals surface area contributed by atoms with Gasteiger partial charge in [0.2, 0.25) is 0 Å². The van der Waals surface area contributed by atoms with Crippen molar-refractivity contribution in [1.82, 2.24) is 0 Å². The Morgan fingerprint density at radius 2 is 2.10 bits per heavy atom. The van der Waals surface area contributed by atoms with Gasteiger partial charge in [0.1, 0.15) is 5.60 Å².